The van der Waals surface area contributed by atoms with Crippen LogP contribution in [0.15, 0.2) is 42.5 Å². The van der Waals surface area contributed by atoms with Gasteiger partial charge in [-0.3, -0.25) is 14.9 Å². The van der Waals surface area contributed by atoms with Gasteiger partial charge >= 0.3 is 0 Å². The largest absolute Gasteiger partial charge is 0.385 e. The van der Waals surface area contributed by atoms with Gasteiger partial charge in [0.2, 0.25) is 5.91 Å². The van der Waals surface area contributed by atoms with E-state index in [1.807, 2.05) is 0 Å². The molecule has 0 aromatic heterocycles. The fourth-order valence-corrected chi connectivity index (χ4v) is 2.06. The molecule has 6 nitrogen and oxygen atoms in total. The first-order chi connectivity index (χ1) is 11.0. The van der Waals surface area contributed by atoms with Crippen LogP contribution in [0.1, 0.15) is 12.5 Å². The lowest BCUT2D eigenvalue weighted by molar-refractivity contribution is -0.384. The molecule has 2 rings (SSSR count). The number of halogens is 1. The molecule has 0 aliphatic carbocycles. The summed E-state index contributed by atoms with van der Waals surface area (Å²) in [5, 5.41) is 16.1. The predicted octanol–water partition coefficient (Wildman–Crippen LogP) is 3.35. The molecule has 0 aliphatic heterocycles. The molecule has 0 unspecified atom stereocenters. The van der Waals surface area contributed by atoms with Crippen molar-refractivity contribution < 1.29 is 14.1 Å². The first-order valence-corrected chi connectivity index (χ1v) is 7.00. The number of amides is 1. The minimum atomic E-state index is -0.499. The number of rotatable bonds is 6. The number of carbonyl (C=O) groups excluding carboxylic acids is 1. The van der Waals surface area contributed by atoms with Crippen molar-refractivity contribution in [3.05, 3.63) is 64.0 Å². The summed E-state index contributed by atoms with van der Waals surface area (Å²) in [5.41, 5.74) is 1.81. The summed E-state index contributed by atoms with van der Waals surface area (Å²) in [4.78, 5) is 21.1. The fourth-order valence-electron chi connectivity index (χ4n) is 2.06. The van der Waals surface area contributed by atoms with Gasteiger partial charge in [-0.2, -0.15) is 0 Å². The number of nitrogens with one attached hydrogen (secondary N) is 2. The summed E-state index contributed by atoms with van der Waals surface area (Å²) >= 11 is 0. The van der Waals surface area contributed by atoms with Crippen LogP contribution in [0.2, 0.25) is 0 Å². The molecule has 120 valence electrons. The van der Waals surface area contributed by atoms with Crippen LogP contribution in [0.5, 0.6) is 0 Å². The molecule has 0 saturated carbocycles. The summed E-state index contributed by atoms with van der Waals surface area (Å²) in [6.45, 7) is 1.89. The van der Waals surface area contributed by atoms with Gasteiger partial charge in [0.25, 0.3) is 5.69 Å². The van der Waals surface area contributed by atoms with Crippen LogP contribution in [0.25, 0.3) is 0 Å². The van der Waals surface area contributed by atoms with E-state index < -0.39 is 10.7 Å². The number of carbonyl (C=O) groups is 1. The van der Waals surface area contributed by atoms with Gasteiger partial charge in [-0.25, -0.2) is 4.39 Å². The minimum absolute atomic E-state index is 0.0557. The molecule has 1 amide bonds. The molecule has 2 aromatic carbocycles. The second kappa shape index (κ2) is 7.35. The Morgan fingerprint density at radius 1 is 1.22 bits per heavy atom. The van der Waals surface area contributed by atoms with Crippen molar-refractivity contribution in [1.82, 2.24) is 0 Å². The normalized spacial score (nSPS) is 10.2. The highest BCUT2D eigenvalue weighted by atomic mass is 19.1. The zero-order chi connectivity index (χ0) is 16.8. The van der Waals surface area contributed by atoms with Crippen molar-refractivity contribution in [2.45, 2.75) is 13.3 Å². The number of benzene rings is 2. The molecule has 0 aliphatic rings. The van der Waals surface area contributed by atoms with E-state index in [9.17, 15) is 19.3 Å². The van der Waals surface area contributed by atoms with Crippen LogP contribution in [-0.4, -0.2) is 17.4 Å². The molecule has 0 bridgehead atoms. The molecule has 2 N–H and O–H groups in total. The van der Waals surface area contributed by atoms with Crippen LogP contribution < -0.4 is 10.6 Å². The molecule has 0 fully saturated rings. The molecule has 0 saturated heterocycles. The van der Waals surface area contributed by atoms with Gasteiger partial charge in [-0.1, -0.05) is 12.1 Å². The Bertz CT molecular complexity index is 717. The molecule has 23 heavy (non-hydrogen) atoms. The topological polar surface area (TPSA) is 84.3 Å². The maximum Gasteiger partial charge on any atom is 0.269 e. The highest BCUT2D eigenvalue weighted by Gasteiger charge is 2.06. The third-order valence-electron chi connectivity index (χ3n) is 3.17. The SMILES string of the molecule is CC(=O)Nc1cc(NCCc2ccc([N+](=O)[O-])cc2)ccc1F. The smallest absolute Gasteiger partial charge is 0.269 e. The lowest BCUT2D eigenvalue weighted by Gasteiger charge is -2.10. The van der Waals surface area contributed by atoms with Crippen molar-refractivity contribution in [2.24, 2.45) is 0 Å². The first kappa shape index (κ1) is 16.4. The van der Waals surface area contributed by atoms with Crippen LogP contribution in [-0.2, 0) is 11.2 Å². The van der Waals surface area contributed by atoms with E-state index in [-0.39, 0.29) is 17.3 Å². The average molecular weight is 317 g/mol. The average Bonchev–Trinajstić information content (AvgIpc) is 2.50. The number of hydrogen-bond acceptors (Lipinski definition) is 4. The summed E-state index contributed by atoms with van der Waals surface area (Å²) in [6.07, 6.45) is 0.658. The maximum atomic E-state index is 13.5. The van der Waals surface area contributed by atoms with Gasteiger partial charge < -0.3 is 10.6 Å². The van der Waals surface area contributed by atoms with E-state index in [1.54, 1.807) is 18.2 Å². The third-order valence-corrected chi connectivity index (χ3v) is 3.17. The van der Waals surface area contributed by atoms with Gasteiger partial charge in [-0.05, 0) is 30.2 Å². The Morgan fingerprint density at radius 3 is 2.52 bits per heavy atom. The van der Waals surface area contributed by atoms with Crippen LogP contribution in [0, 0.1) is 15.9 Å². The number of hydrogen-bond donors (Lipinski definition) is 2. The molecule has 2 aromatic rings. The molecule has 0 radical (unpaired) electrons. The summed E-state index contributed by atoms with van der Waals surface area (Å²) in [6, 6.07) is 10.7. The lowest BCUT2D eigenvalue weighted by atomic mass is 10.1. The summed E-state index contributed by atoms with van der Waals surface area (Å²) in [7, 11) is 0. The second-order valence-electron chi connectivity index (χ2n) is 4.98. The Labute approximate surface area is 132 Å². The molecule has 0 atom stereocenters. The zero-order valence-electron chi connectivity index (χ0n) is 12.5. The number of anilines is 2. The van der Waals surface area contributed by atoms with E-state index in [2.05, 4.69) is 10.6 Å². The number of non-ortho nitro benzene ring substituents is 1. The molecular weight excluding hydrogens is 301 g/mol. The quantitative estimate of drug-likeness (QED) is 0.632. The van der Waals surface area contributed by atoms with Gasteiger partial charge in [0.15, 0.2) is 0 Å². The van der Waals surface area contributed by atoms with Crippen LogP contribution >= 0.6 is 0 Å². The van der Waals surface area contributed by atoms with Crippen molar-refractivity contribution in [3.8, 4) is 0 Å². The van der Waals surface area contributed by atoms with Crippen LogP contribution in [0.3, 0.4) is 0 Å². The summed E-state index contributed by atoms with van der Waals surface area (Å²) < 4.78 is 13.5. The number of nitrogens with zero attached hydrogens (tertiary/aromatic N) is 1. The van der Waals surface area contributed by atoms with E-state index in [1.165, 1.54) is 31.2 Å². The zero-order valence-corrected chi connectivity index (χ0v) is 12.5. The van der Waals surface area contributed by atoms with Crippen molar-refractivity contribution in [1.29, 1.82) is 0 Å². The Balaban J connectivity index is 1.93. The van der Waals surface area contributed by atoms with Crippen molar-refractivity contribution >= 4 is 23.0 Å². The van der Waals surface area contributed by atoms with E-state index >= 15 is 0 Å². The van der Waals surface area contributed by atoms with Crippen molar-refractivity contribution in [2.75, 3.05) is 17.2 Å². The number of nitro benzene ring substituents is 1. The minimum Gasteiger partial charge on any atom is -0.385 e. The van der Waals surface area contributed by atoms with Gasteiger partial charge in [0, 0.05) is 31.3 Å². The molecule has 7 heteroatoms. The molecule has 0 heterocycles. The Hall–Kier alpha value is -2.96. The summed E-state index contributed by atoms with van der Waals surface area (Å²) in [5.74, 6) is -0.840. The standard InChI is InChI=1S/C16H16FN3O3/c1-11(21)19-16-10-13(4-7-15(16)17)18-9-8-12-2-5-14(6-3-12)20(22)23/h2-7,10,18H,8-9H2,1H3,(H,19,21). The Morgan fingerprint density at radius 2 is 1.91 bits per heavy atom. The molecule has 0 spiro atoms. The van der Waals surface area contributed by atoms with E-state index in [0.717, 1.165) is 5.56 Å². The van der Waals surface area contributed by atoms with E-state index in [4.69, 9.17) is 0 Å². The highest BCUT2D eigenvalue weighted by Crippen LogP contribution is 2.20. The van der Waals surface area contributed by atoms with Crippen molar-refractivity contribution in [3.63, 3.8) is 0 Å². The van der Waals surface area contributed by atoms with Gasteiger partial charge in [-0.15, -0.1) is 0 Å². The number of nitro groups is 1. The lowest BCUT2D eigenvalue weighted by Crippen LogP contribution is -2.09. The van der Waals surface area contributed by atoms with Gasteiger partial charge in [0.05, 0.1) is 10.6 Å². The fraction of sp³-hybridized carbons (Fsp3) is 0.188. The van der Waals surface area contributed by atoms with E-state index in [0.29, 0.717) is 18.7 Å². The third kappa shape index (κ3) is 4.77. The Kier molecular flexibility index (Phi) is 5.24. The van der Waals surface area contributed by atoms with Crippen LogP contribution in [0.4, 0.5) is 21.5 Å². The molecular formula is C16H16FN3O3. The highest BCUT2D eigenvalue weighted by molar-refractivity contribution is 5.89. The second-order valence-corrected chi connectivity index (χ2v) is 4.98. The van der Waals surface area contributed by atoms with Gasteiger partial charge in [0.1, 0.15) is 5.82 Å². The maximum absolute atomic E-state index is 13.5. The predicted molar refractivity (Wildman–Crippen MR) is 86.0 cm³/mol. The monoisotopic (exact) mass is 317 g/mol. The first-order valence-electron chi connectivity index (χ1n) is 7.00.